The van der Waals surface area contributed by atoms with Gasteiger partial charge in [0.05, 0.1) is 13.2 Å². The summed E-state index contributed by atoms with van der Waals surface area (Å²) in [6.45, 7) is 4.74. The average molecular weight is 358 g/mol. The van der Waals surface area contributed by atoms with Crippen LogP contribution in [0.2, 0.25) is 0 Å². The number of hydrogen-bond donors (Lipinski definition) is 1. The molecule has 0 amide bonds. The van der Waals surface area contributed by atoms with Crippen LogP contribution >= 0.6 is 36.2 Å². The molecule has 0 bridgehead atoms. The largest absolute Gasteiger partial charge is 0.379 e. The molecule has 1 aliphatic rings. The first kappa shape index (κ1) is 16.1. The van der Waals surface area contributed by atoms with E-state index in [1.165, 1.54) is 0 Å². The molecular formula is C13H19N5OS3. The first-order chi connectivity index (χ1) is 10.6. The zero-order chi connectivity index (χ0) is 15.7. The summed E-state index contributed by atoms with van der Waals surface area (Å²) in [7, 11) is 3.80. The highest BCUT2D eigenvalue weighted by atomic mass is 32.2. The lowest BCUT2D eigenvalue weighted by Gasteiger charge is -2.26. The number of H-pyrrole nitrogens is 1. The molecule has 2 aromatic rings. The minimum atomic E-state index is 0.675. The first-order valence-corrected chi connectivity index (χ1v) is 8.97. The maximum absolute atomic E-state index is 5.45. The van der Waals surface area contributed by atoms with Crippen LogP contribution in [0.25, 0.3) is 11.2 Å². The lowest BCUT2D eigenvalue weighted by atomic mass is 10.4. The van der Waals surface area contributed by atoms with Gasteiger partial charge in [-0.3, -0.25) is 4.90 Å². The van der Waals surface area contributed by atoms with Crippen molar-refractivity contribution in [3.8, 4) is 0 Å². The Morgan fingerprint density at radius 2 is 1.95 bits per heavy atom. The number of aromatic nitrogens is 4. The molecule has 0 spiro atoms. The normalized spacial score (nSPS) is 16.5. The van der Waals surface area contributed by atoms with Crippen molar-refractivity contribution in [2.45, 2.75) is 5.16 Å². The molecule has 0 saturated carbocycles. The van der Waals surface area contributed by atoms with Gasteiger partial charge in [0.1, 0.15) is 10.2 Å². The van der Waals surface area contributed by atoms with Crippen molar-refractivity contribution in [2.75, 3.05) is 38.6 Å². The van der Waals surface area contributed by atoms with E-state index in [0.717, 1.165) is 54.9 Å². The molecule has 0 aliphatic carbocycles. The topological polar surface area (TPSA) is 51.0 Å². The Morgan fingerprint density at radius 1 is 1.23 bits per heavy atom. The number of ether oxygens (including phenoxy) is 1. The molecule has 3 rings (SSSR count). The summed E-state index contributed by atoms with van der Waals surface area (Å²) in [5.74, 6) is 0.989. The minimum absolute atomic E-state index is 0.675. The third kappa shape index (κ3) is 3.13. The van der Waals surface area contributed by atoms with Gasteiger partial charge in [0.15, 0.2) is 15.6 Å². The maximum atomic E-state index is 5.45. The molecule has 22 heavy (non-hydrogen) atoms. The maximum Gasteiger partial charge on any atom is 0.182 e. The molecule has 3 heterocycles. The fourth-order valence-electron chi connectivity index (χ4n) is 2.47. The van der Waals surface area contributed by atoms with Crippen molar-refractivity contribution in [3.05, 3.63) is 9.41 Å². The number of aromatic amines is 1. The van der Waals surface area contributed by atoms with Gasteiger partial charge < -0.3 is 18.9 Å². The summed E-state index contributed by atoms with van der Waals surface area (Å²) >= 11 is 12.5. The molecule has 2 aromatic heterocycles. The quantitative estimate of drug-likeness (QED) is 0.668. The van der Waals surface area contributed by atoms with Crippen molar-refractivity contribution in [1.29, 1.82) is 0 Å². The van der Waals surface area contributed by atoms with Crippen LogP contribution in [0, 0.1) is 9.41 Å². The lowest BCUT2D eigenvalue weighted by molar-refractivity contribution is 0.0410. The van der Waals surface area contributed by atoms with Crippen LogP contribution in [0.3, 0.4) is 0 Å². The fraction of sp³-hybridized carbons (Fsp3) is 0.615. The van der Waals surface area contributed by atoms with Crippen molar-refractivity contribution in [3.63, 3.8) is 0 Å². The number of fused-ring (bicyclic) bond motifs is 1. The van der Waals surface area contributed by atoms with Gasteiger partial charge in [0.25, 0.3) is 0 Å². The molecule has 0 atom stereocenters. The fourth-order valence-corrected chi connectivity index (χ4v) is 3.80. The van der Waals surface area contributed by atoms with E-state index >= 15 is 0 Å². The zero-order valence-corrected chi connectivity index (χ0v) is 15.1. The van der Waals surface area contributed by atoms with Crippen molar-refractivity contribution >= 4 is 47.4 Å². The van der Waals surface area contributed by atoms with E-state index in [-0.39, 0.29) is 0 Å². The molecule has 6 nitrogen and oxygen atoms in total. The number of nitrogens with zero attached hydrogens (tertiary/aromatic N) is 4. The van der Waals surface area contributed by atoms with Crippen LogP contribution in [0.4, 0.5) is 0 Å². The van der Waals surface area contributed by atoms with E-state index in [4.69, 9.17) is 29.2 Å². The third-order valence-electron chi connectivity index (χ3n) is 3.82. The van der Waals surface area contributed by atoms with Gasteiger partial charge in [-0.1, -0.05) is 24.0 Å². The molecule has 120 valence electrons. The highest BCUT2D eigenvalue weighted by Crippen LogP contribution is 2.20. The smallest absolute Gasteiger partial charge is 0.182 e. The second-order valence-electron chi connectivity index (χ2n) is 5.25. The number of morpholine rings is 1. The number of nitrogens with one attached hydrogen (secondary N) is 1. The molecule has 1 saturated heterocycles. The highest BCUT2D eigenvalue weighted by molar-refractivity contribution is 7.99. The summed E-state index contributed by atoms with van der Waals surface area (Å²) in [5, 5.41) is 0.894. The Labute approximate surface area is 143 Å². The predicted molar refractivity (Wildman–Crippen MR) is 93.7 cm³/mol. The van der Waals surface area contributed by atoms with Crippen LogP contribution in [0.1, 0.15) is 0 Å². The summed E-state index contributed by atoms with van der Waals surface area (Å²) < 4.78 is 10.5. The second kappa shape index (κ2) is 6.79. The van der Waals surface area contributed by atoms with Crippen molar-refractivity contribution in [2.24, 2.45) is 14.1 Å². The zero-order valence-electron chi connectivity index (χ0n) is 12.7. The van der Waals surface area contributed by atoms with Crippen LogP contribution < -0.4 is 0 Å². The van der Waals surface area contributed by atoms with Gasteiger partial charge in [0, 0.05) is 39.5 Å². The summed E-state index contributed by atoms with van der Waals surface area (Å²) in [5.41, 5.74) is 1.70. The first-order valence-electron chi connectivity index (χ1n) is 7.16. The van der Waals surface area contributed by atoms with E-state index in [2.05, 4.69) is 14.9 Å². The molecule has 0 aromatic carbocycles. The molecule has 1 N–H and O–H groups in total. The highest BCUT2D eigenvalue weighted by Gasteiger charge is 2.12. The van der Waals surface area contributed by atoms with Crippen LogP contribution in [0.5, 0.6) is 0 Å². The Balaban J connectivity index is 1.75. The van der Waals surface area contributed by atoms with Crippen LogP contribution in [-0.4, -0.2) is 62.6 Å². The van der Waals surface area contributed by atoms with Gasteiger partial charge in [-0.25, -0.2) is 4.98 Å². The number of aryl methyl sites for hydroxylation is 1. The standard InChI is InChI=1S/C13H19N5OS3/c1-16-10-9(11(20)17(2)13(16)21)14-12(15-10)22-8-5-18-3-6-19-7-4-18/h3-8H2,1-2H3,(H,14,15). The SMILES string of the molecule is Cn1c(=S)c2[nH]c(SCCN3CCOCC3)nc2n(C)c1=S. The summed E-state index contributed by atoms with van der Waals surface area (Å²) in [4.78, 5) is 10.4. The average Bonchev–Trinajstić information content (AvgIpc) is 2.96. The molecule has 0 radical (unpaired) electrons. The number of thioether (sulfide) groups is 1. The second-order valence-corrected chi connectivity index (χ2v) is 7.08. The van der Waals surface area contributed by atoms with E-state index in [1.807, 2.05) is 23.2 Å². The Kier molecular flexibility index (Phi) is 4.98. The lowest BCUT2D eigenvalue weighted by Crippen LogP contribution is -2.37. The molecule has 1 fully saturated rings. The van der Waals surface area contributed by atoms with Gasteiger partial charge in [-0.05, 0) is 12.2 Å². The van der Waals surface area contributed by atoms with E-state index < -0.39 is 0 Å². The Bertz CT molecular complexity index is 787. The number of rotatable bonds is 4. The van der Waals surface area contributed by atoms with E-state index in [0.29, 0.717) is 9.41 Å². The molecule has 1 aliphatic heterocycles. The molecule has 0 unspecified atom stereocenters. The van der Waals surface area contributed by atoms with Crippen LogP contribution in [0.15, 0.2) is 5.16 Å². The van der Waals surface area contributed by atoms with Gasteiger partial charge in [-0.15, -0.1) is 0 Å². The number of imidazole rings is 1. The van der Waals surface area contributed by atoms with Gasteiger partial charge >= 0.3 is 0 Å². The minimum Gasteiger partial charge on any atom is -0.379 e. The molecule has 9 heteroatoms. The van der Waals surface area contributed by atoms with Crippen molar-refractivity contribution < 1.29 is 4.74 Å². The predicted octanol–water partition coefficient (Wildman–Crippen LogP) is 2.12. The Morgan fingerprint density at radius 3 is 2.68 bits per heavy atom. The summed E-state index contributed by atoms with van der Waals surface area (Å²) in [6.07, 6.45) is 0. The van der Waals surface area contributed by atoms with E-state index in [9.17, 15) is 0 Å². The third-order valence-corrected chi connectivity index (χ3v) is 5.70. The molecular weight excluding hydrogens is 338 g/mol. The monoisotopic (exact) mass is 357 g/mol. The summed E-state index contributed by atoms with van der Waals surface area (Å²) in [6, 6.07) is 0. The van der Waals surface area contributed by atoms with Crippen LogP contribution in [-0.2, 0) is 18.8 Å². The Hall–Kier alpha value is -0.740. The number of hydrogen-bond acceptors (Lipinski definition) is 6. The van der Waals surface area contributed by atoms with Crippen molar-refractivity contribution in [1.82, 2.24) is 24.0 Å². The van der Waals surface area contributed by atoms with Gasteiger partial charge in [-0.2, -0.15) is 0 Å². The van der Waals surface area contributed by atoms with Gasteiger partial charge in [0.2, 0.25) is 0 Å². The van der Waals surface area contributed by atoms with E-state index in [1.54, 1.807) is 11.8 Å².